The third kappa shape index (κ3) is 5.40. The fourth-order valence-corrected chi connectivity index (χ4v) is 6.69. The quantitative estimate of drug-likeness (QED) is 0.264. The van der Waals surface area contributed by atoms with E-state index in [9.17, 15) is 9.59 Å². The number of hydrogen-bond acceptors (Lipinski definition) is 7. The first-order chi connectivity index (χ1) is 21.5. The number of aryl methyl sites for hydroxylation is 1. The monoisotopic (exact) mass is 603 g/mol. The van der Waals surface area contributed by atoms with Gasteiger partial charge in [-0.05, 0) is 54.4 Å². The number of anilines is 1. The lowest BCUT2D eigenvalue weighted by atomic mass is 9.99. The van der Waals surface area contributed by atoms with Gasteiger partial charge in [-0.15, -0.1) is 11.8 Å². The maximum Gasteiger partial charge on any atom is 0.240 e. The summed E-state index contributed by atoms with van der Waals surface area (Å²) in [5.74, 6) is 1.62. The summed E-state index contributed by atoms with van der Waals surface area (Å²) in [6.45, 7) is 2.28. The minimum atomic E-state index is -0.292. The van der Waals surface area contributed by atoms with Crippen molar-refractivity contribution in [2.75, 3.05) is 24.0 Å². The van der Waals surface area contributed by atoms with E-state index >= 15 is 0 Å². The van der Waals surface area contributed by atoms with Crippen LogP contribution in [0.2, 0.25) is 0 Å². The smallest absolute Gasteiger partial charge is 0.240 e. The summed E-state index contributed by atoms with van der Waals surface area (Å²) in [7, 11) is 0. The van der Waals surface area contributed by atoms with Crippen LogP contribution in [0, 0.1) is 6.92 Å². The summed E-state index contributed by atoms with van der Waals surface area (Å²) in [5, 5.41) is 7.82. The molecule has 9 nitrogen and oxygen atoms in total. The van der Waals surface area contributed by atoms with Crippen LogP contribution < -0.4 is 19.7 Å². The number of thioether (sulfide) groups is 1. The lowest BCUT2D eigenvalue weighted by Crippen LogP contribution is -2.42. The Bertz CT molecular complexity index is 1840. The van der Waals surface area contributed by atoms with Crippen LogP contribution in [0.3, 0.4) is 0 Å². The van der Waals surface area contributed by atoms with Crippen molar-refractivity contribution >= 4 is 29.4 Å². The lowest BCUT2D eigenvalue weighted by Gasteiger charge is -2.23. The van der Waals surface area contributed by atoms with Gasteiger partial charge in [0.1, 0.15) is 12.4 Å². The van der Waals surface area contributed by atoms with Gasteiger partial charge < -0.3 is 14.8 Å². The van der Waals surface area contributed by atoms with Crippen LogP contribution in [-0.4, -0.2) is 45.7 Å². The fourth-order valence-electron chi connectivity index (χ4n) is 5.50. The van der Waals surface area contributed by atoms with Crippen molar-refractivity contribution in [3.8, 4) is 28.4 Å². The third-order valence-corrected chi connectivity index (χ3v) is 8.83. The molecular weight excluding hydrogens is 574 g/mol. The normalized spacial score (nSPS) is 15.5. The number of carbonyl (C=O) groups excluding carboxylic acids is 2. The van der Waals surface area contributed by atoms with Gasteiger partial charge >= 0.3 is 0 Å². The van der Waals surface area contributed by atoms with Crippen LogP contribution in [0.5, 0.6) is 11.5 Å². The Morgan fingerprint density at radius 1 is 0.977 bits per heavy atom. The molecule has 1 N–H and O–H groups in total. The van der Waals surface area contributed by atoms with Crippen molar-refractivity contribution in [2.45, 2.75) is 18.7 Å². The highest BCUT2D eigenvalue weighted by molar-refractivity contribution is 8.00. The second kappa shape index (κ2) is 11.9. The predicted octanol–water partition coefficient (Wildman–Crippen LogP) is 5.46. The second-order valence-corrected chi connectivity index (χ2v) is 11.7. The number of carbonyl (C=O) groups is 2. The molecule has 44 heavy (non-hydrogen) atoms. The summed E-state index contributed by atoms with van der Waals surface area (Å²) in [6.07, 6.45) is 1.69. The van der Waals surface area contributed by atoms with Crippen LogP contribution in [-0.2, 0) is 16.1 Å². The minimum absolute atomic E-state index is 0.168. The van der Waals surface area contributed by atoms with Gasteiger partial charge in [-0.1, -0.05) is 54.6 Å². The van der Waals surface area contributed by atoms with E-state index in [4.69, 9.17) is 14.6 Å². The maximum absolute atomic E-state index is 14.0. The van der Waals surface area contributed by atoms with Gasteiger partial charge in [0, 0.05) is 17.3 Å². The van der Waals surface area contributed by atoms with Gasteiger partial charge in [0.05, 0.1) is 34.6 Å². The third-order valence-electron chi connectivity index (χ3n) is 7.58. The molecule has 0 saturated carbocycles. The molecule has 0 bridgehead atoms. The molecule has 0 radical (unpaired) electrons. The Hall–Kier alpha value is -5.09. The zero-order chi connectivity index (χ0) is 30.0. The number of nitrogens with zero attached hydrogens (tertiary/aromatic N) is 4. The van der Waals surface area contributed by atoms with Gasteiger partial charge in [-0.25, -0.2) is 4.68 Å². The van der Waals surface area contributed by atoms with E-state index in [1.807, 2.05) is 97.9 Å². The minimum Gasteiger partial charge on any atom is -0.454 e. The molecule has 4 heterocycles. The van der Waals surface area contributed by atoms with Gasteiger partial charge in [0.15, 0.2) is 11.5 Å². The average Bonchev–Trinajstić information content (AvgIpc) is 3.66. The molecule has 2 aromatic heterocycles. The number of ether oxygens (including phenoxy) is 2. The summed E-state index contributed by atoms with van der Waals surface area (Å²) in [5.41, 5.74) is 6.04. The Morgan fingerprint density at radius 2 is 1.82 bits per heavy atom. The van der Waals surface area contributed by atoms with E-state index in [1.54, 1.807) is 15.8 Å². The maximum atomic E-state index is 14.0. The van der Waals surface area contributed by atoms with Crippen molar-refractivity contribution in [3.63, 3.8) is 0 Å². The molecule has 7 rings (SSSR count). The van der Waals surface area contributed by atoms with Gasteiger partial charge in [0.25, 0.3) is 0 Å². The fraction of sp³-hybridized carbons (Fsp3) is 0.176. The lowest BCUT2D eigenvalue weighted by molar-refractivity contribution is -0.123. The van der Waals surface area contributed by atoms with E-state index in [1.165, 1.54) is 11.8 Å². The van der Waals surface area contributed by atoms with Crippen molar-refractivity contribution in [3.05, 3.63) is 120 Å². The van der Waals surface area contributed by atoms with Crippen LogP contribution >= 0.6 is 11.8 Å². The number of hydrogen-bond donors (Lipinski definition) is 1. The summed E-state index contributed by atoms with van der Waals surface area (Å²) >= 11 is 1.51. The molecule has 3 aromatic carbocycles. The van der Waals surface area contributed by atoms with E-state index in [0.29, 0.717) is 17.3 Å². The number of amides is 2. The molecule has 2 amide bonds. The van der Waals surface area contributed by atoms with E-state index < -0.39 is 0 Å². The zero-order valence-electron chi connectivity index (χ0n) is 24.0. The number of aromatic nitrogens is 3. The molecule has 5 aromatic rings. The van der Waals surface area contributed by atoms with Crippen LogP contribution in [0.1, 0.15) is 27.6 Å². The Balaban J connectivity index is 1.39. The summed E-state index contributed by atoms with van der Waals surface area (Å²) in [6, 6.07) is 29.3. The number of rotatable bonds is 7. The molecule has 0 aliphatic carbocycles. The summed E-state index contributed by atoms with van der Waals surface area (Å²) < 4.78 is 13.1. The standard InChI is InChI=1S/C34H29N5O4S/c1-22-8-7-12-26(16-22)39-34-31(32(37-39)23-9-3-2-4-10-23)33(24-13-14-27-28(17-24)43-21-42-27)44-20-30(41)38(34)19-29(40)36-18-25-11-5-6-15-35-25/h2-17,33H,18-21H2,1H3,(H,36,40). The topological polar surface area (TPSA) is 98.6 Å². The van der Waals surface area contributed by atoms with Gasteiger partial charge in [0.2, 0.25) is 18.6 Å². The van der Waals surface area contributed by atoms with Gasteiger partial charge in [-0.2, -0.15) is 5.10 Å². The number of benzene rings is 3. The molecule has 1 unspecified atom stereocenters. The van der Waals surface area contributed by atoms with Crippen LogP contribution in [0.15, 0.2) is 97.2 Å². The summed E-state index contributed by atoms with van der Waals surface area (Å²) in [4.78, 5) is 33.3. The van der Waals surface area contributed by atoms with Crippen molar-refractivity contribution in [1.29, 1.82) is 0 Å². The predicted molar refractivity (Wildman–Crippen MR) is 169 cm³/mol. The SMILES string of the molecule is Cc1cccc(-n2nc(-c3ccccc3)c3c2N(CC(=O)NCc2ccccn2)C(=O)CSC3c2ccc3c(c2)OCO3)c1. The molecule has 0 fully saturated rings. The Morgan fingerprint density at radius 3 is 2.64 bits per heavy atom. The first-order valence-electron chi connectivity index (χ1n) is 14.3. The van der Waals surface area contributed by atoms with Crippen LogP contribution in [0.4, 0.5) is 5.82 Å². The van der Waals surface area contributed by atoms with Crippen molar-refractivity contribution < 1.29 is 19.1 Å². The van der Waals surface area contributed by atoms with E-state index in [-0.39, 0.29) is 42.7 Å². The average molecular weight is 604 g/mol. The molecule has 0 spiro atoms. The number of fused-ring (bicyclic) bond motifs is 2. The molecular formula is C34H29N5O4S. The number of pyridine rings is 1. The Kier molecular flexibility index (Phi) is 7.49. The highest BCUT2D eigenvalue weighted by atomic mass is 32.2. The zero-order valence-corrected chi connectivity index (χ0v) is 24.8. The molecule has 10 heteroatoms. The van der Waals surface area contributed by atoms with E-state index in [2.05, 4.69) is 10.3 Å². The molecule has 220 valence electrons. The van der Waals surface area contributed by atoms with E-state index in [0.717, 1.165) is 39.3 Å². The molecule has 0 saturated heterocycles. The second-order valence-electron chi connectivity index (χ2n) is 10.6. The molecule has 2 aliphatic rings. The number of nitrogens with one attached hydrogen (secondary N) is 1. The highest BCUT2D eigenvalue weighted by Gasteiger charge is 2.38. The van der Waals surface area contributed by atoms with Gasteiger partial charge in [-0.3, -0.25) is 19.5 Å². The van der Waals surface area contributed by atoms with Crippen LogP contribution in [0.25, 0.3) is 16.9 Å². The highest BCUT2D eigenvalue weighted by Crippen LogP contribution is 2.50. The molecule has 1 atom stereocenters. The first-order valence-corrected chi connectivity index (χ1v) is 15.3. The van der Waals surface area contributed by atoms with Crippen molar-refractivity contribution in [2.24, 2.45) is 0 Å². The van der Waals surface area contributed by atoms with Crippen molar-refractivity contribution in [1.82, 2.24) is 20.1 Å². The Labute approximate surface area is 258 Å². The molecule has 2 aliphatic heterocycles. The first kappa shape index (κ1) is 27.7. The largest absolute Gasteiger partial charge is 0.454 e.